The molecule has 2 rings (SSSR count). The molecule has 1 heterocycles. The van der Waals surface area contributed by atoms with Crippen molar-refractivity contribution >= 4 is 11.8 Å². The highest BCUT2D eigenvalue weighted by atomic mass is 32.2. The number of rotatable bonds is 2. The molecule has 2 unspecified atom stereocenters. The molecule has 1 nitrogen and oxygen atoms in total. The third kappa shape index (κ3) is 1.32. The molecular weight excluding hydrogens is 144 g/mol. The highest BCUT2D eigenvalue weighted by molar-refractivity contribution is 7.99. The summed E-state index contributed by atoms with van der Waals surface area (Å²) in [6, 6.07) is 0. The predicted octanol–water partition coefficient (Wildman–Crippen LogP) is 1.51. The Balaban J connectivity index is 1.84. The van der Waals surface area contributed by atoms with Crippen LogP contribution < -0.4 is 0 Å². The van der Waals surface area contributed by atoms with Crippen LogP contribution in [0.1, 0.15) is 19.3 Å². The minimum absolute atomic E-state index is 0.0509. The van der Waals surface area contributed by atoms with E-state index < -0.39 is 0 Å². The van der Waals surface area contributed by atoms with Gasteiger partial charge in [0.1, 0.15) is 0 Å². The smallest absolute Gasteiger partial charge is 0.0604 e. The second-order valence-electron chi connectivity index (χ2n) is 3.45. The van der Waals surface area contributed by atoms with Gasteiger partial charge in [-0.2, -0.15) is 11.8 Å². The first-order chi connectivity index (χ1) is 4.88. The van der Waals surface area contributed by atoms with Gasteiger partial charge in [-0.25, -0.2) is 0 Å². The summed E-state index contributed by atoms with van der Waals surface area (Å²) in [4.78, 5) is 0. The van der Waals surface area contributed by atoms with Gasteiger partial charge in [-0.05, 0) is 42.6 Å². The van der Waals surface area contributed by atoms with Gasteiger partial charge in [0.25, 0.3) is 0 Å². The van der Waals surface area contributed by atoms with Crippen molar-refractivity contribution in [2.75, 3.05) is 11.5 Å². The largest absolute Gasteiger partial charge is 0.393 e. The van der Waals surface area contributed by atoms with Gasteiger partial charge in [-0.1, -0.05) is 0 Å². The van der Waals surface area contributed by atoms with Crippen LogP contribution >= 0.6 is 11.8 Å². The Kier molecular flexibility index (Phi) is 1.92. The molecule has 0 spiro atoms. The van der Waals surface area contributed by atoms with E-state index in [1.54, 1.807) is 0 Å². The molecule has 2 aliphatic rings. The molecule has 0 aromatic carbocycles. The Morgan fingerprint density at radius 1 is 1.20 bits per heavy atom. The first-order valence-electron chi connectivity index (χ1n) is 4.14. The zero-order chi connectivity index (χ0) is 6.97. The van der Waals surface area contributed by atoms with Crippen LogP contribution in [0.25, 0.3) is 0 Å². The van der Waals surface area contributed by atoms with Crippen LogP contribution in [-0.4, -0.2) is 22.7 Å². The van der Waals surface area contributed by atoms with E-state index in [0.717, 1.165) is 0 Å². The van der Waals surface area contributed by atoms with E-state index in [2.05, 4.69) is 0 Å². The topological polar surface area (TPSA) is 20.2 Å². The van der Waals surface area contributed by atoms with Crippen LogP contribution in [0.4, 0.5) is 0 Å². The van der Waals surface area contributed by atoms with Crippen molar-refractivity contribution in [2.24, 2.45) is 11.8 Å². The molecule has 0 bridgehead atoms. The fourth-order valence-corrected chi connectivity index (χ4v) is 2.95. The fraction of sp³-hybridized carbons (Fsp3) is 1.00. The molecule has 2 fully saturated rings. The third-order valence-electron chi connectivity index (χ3n) is 2.55. The second-order valence-corrected chi connectivity index (χ2v) is 4.60. The molecular formula is C8H14OS. The third-order valence-corrected chi connectivity index (χ3v) is 3.74. The maximum Gasteiger partial charge on any atom is 0.0604 e. The standard InChI is InChI=1S/C8H14OS/c9-8(6-1-2-6)7-3-4-10-5-7/h6-9H,1-5H2. The van der Waals surface area contributed by atoms with Crippen molar-refractivity contribution in [3.05, 3.63) is 0 Å². The summed E-state index contributed by atoms with van der Waals surface area (Å²) < 4.78 is 0. The lowest BCUT2D eigenvalue weighted by atomic mass is 9.98. The molecule has 10 heavy (non-hydrogen) atoms. The van der Waals surface area contributed by atoms with Crippen molar-refractivity contribution in [2.45, 2.75) is 25.4 Å². The molecule has 2 atom stereocenters. The Labute approximate surface area is 66.2 Å². The number of hydrogen-bond donors (Lipinski definition) is 1. The fourth-order valence-electron chi connectivity index (χ4n) is 1.64. The van der Waals surface area contributed by atoms with E-state index in [1.807, 2.05) is 11.8 Å². The van der Waals surface area contributed by atoms with Gasteiger partial charge in [-0.15, -0.1) is 0 Å². The number of thioether (sulfide) groups is 1. The maximum atomic E-state index is 9.68. The Bertz CT molecular complexity index is 116. The summed E-state index contributed by atoms with van der Waals surface area (Å²) in [7, 11) is 0. The van der Waals surface area contributed by atoms with Gasteiger partial charge >= 0.3 is 0 Å². The first kappa shape index (κ1) is 6.99. The van der Waals surface area contributed by atoms with Gasteiger partial charge < -0.3 is 5.11 Å². The molecule has 58 valence electrons. The molecule has 1 saturated heterocycles. The summed E-state index contributed by atoms with van der Waals surface area (Å²) in [5, 5.41) is 9.68. The van der Waals surface area contributed by atoms with Gasteiger partial charge in [0.05, 0.1) is 6.10 Å². The summed E-state index contributed by atoms with van der Waals surface area (Å²) >= 11 is 2.00. The van der Waals surface area contributed by atoms with Gasteiger partial charge in [0.2, 0.25) is 0 Å². The molecule has 1 saturated carbocycles. The number of aliphatic hydroxyl groups is 1. The summed E-state index contributed by atoms with van der Waals surface area (Å²) in [5.74, 6) is 3.80. The highest BCUT2D eigenvalue weighted by Crippen LogP contribution is 2.39. The van der Waals surface area contributed by atoms with Crippen molar-refractivity contribution in [3.63, 3.8) is 0 Å². The Morgan fingerprint density at radius 3 is 2.50 bits per heavy atom. The molecule has 0 amide bonds. The number of hydrogen-bond acceptors (Lipinski definition) is 2. The molecule has 0 aromatic heterocycles. The average Bonchev–Trinajstić information content (AvgIpc) is 2.65. The van der Waals surface area contributed by atoms with E-state index in [9.17, 15) is 5.11 Å². The number of aliphatic hydroxyl groups excluding tert-OH is 1. The molecule has 1 aliphatic heterocycles. The maximum absolute atomic E-state index is 9.68. The normalized spacial score (nSPS) is 36.3. The lowest BCUT2D eigenvalue weighted by Crippen LogP contribution is -2.21. The molecule has 0 aromatic rings. The van der Waals surface area contributed by atoms with E-state index in [-0.39, 0.29) is 6.10 Å². The van der Waals surface area contributed by atoms with Gasteiger partial charge in [0.15, 0.2) is 0 Å². The quantitative estimate of drug-likeness (QED) is 0.657. The van der Waals surface area contributed by atoms with Crippen molar-refractivity contribution in [1.82, 2.24) is 0 Å². The lowest BCUT2D eigenvalue weighted by Gasteiger charge is -2.15. The first-order valence-corrected chi connectivity index (χ1v) is 5.29. The van der Waals surface area contributed by atoms with Crippen LogP contribution in [0.2, 0.25) is 0 Å². The van der Waals surface area contributed by atoms with E-state index in [1.165, 1.54) is 30.8 Å². The molecule has 1 N–H and O–H groups in total. The monoisotopic (exact) mass is 158 g/mol. The van der Waals surface area contributed by atoms with Crippen molar-refractivity contribution < 1.29 is 5.11 Å². The summed E-state index contributed by atoms with van der Waals surface area (Å²) in [6.45, 7) is 0. The van der Waals surface area contributed by atoms with E-state index >= 15 is 0 Å². The van der Waals surface area contributed by atoms with E-state index in [0.29, 0.717) is 11.8 Å². The predicted molar refractivity (Wildman–Crippen MR) is 44.2 cm³/mol. The van der Waals surface area contributed by atoms with Crippen LogP contribution in [-0.2, 0) is 0 Å². The van der Waals surface area contributed by atoms with Crippen LogP contribution in [0.5, 0.6) is 0 Å². The minimum Gasteiger partial charge on any atom is -0.393 e. The van der Waals surface area contributed by atoms with Crippen molar-refractivity contribution in [1.29, 1.82) is 0 Å². The zero-order valence-corrected chi connectivity index (χ0v) is 6.94. The van der Waals surface area contributed by atoms with Gasteiger partial charge in [0, 0.05) is 0 Å². The Morgan fingerprint density at radius 2 is 2.00 bits per heavy atom. The second kappa shape index (κ2) is 2.74. The minimum atomic E-state index is 0.0509. The lowest BCUT2D eigenvalue weighted by molar-refractivity contribution is 0.0983. The van der Waals surface area contributed by atoms with Crippen LogP contribution in [0.15, 0.2) is 0 Å². The Hall–Kier alpha value is 0.310. The van der Waals surface area contributed by atoms with Crippen LogP contribution in [0.3, 0.4) is 0 Å². The summed E-state index contributed by atoms with van der Waals surface area (Å²) in [5.41, 5.74) is 0. The zero-order valence-electron chi connectivity index (χ0n) is 6.12. The average molecular weight is 158 g/mol. The van der Waals surface area contributed by atoms with Crippen LogP contribution in [0, 0.1) is 11.8 Å². The highest BCUT2D eigenvalue weighted by Gasteiger charge is 2.36. The SMILES string of the molecule is OC(C1CC1)C1CCSC1. The van der Waals surface area contributed by atoms with E-state index in [4.69, 9.17) is 0 Å². The van der Waals surface area contributed by atoms with Gasteiger partial charge in [-0.3, -0.25) is 0 Å². The molecule has 1 aliphatic carbocycles. The molecule has 2 heteroatoms. The van der Waals surface area contributed by atoms with Crippen molar-refractivity contribution in [3.8, 4) is 0 Å². The summed E-state index contributed by atoms with van der Waals surface area (Å²) in [6.07, 6.45) is 3.86. The molecule has 0 radical (unpaired) electrons.